The van der Waals surface area contributed by atoms with Crippen molar-refractivity contribution in [3.63, 3.8) is 0 Å². The minimum atomic E-state index is -0.651. The molecule has 1 aliphatic heterocycles. The standard InChI is InChI=1S/C17H28N2O2/c1-12(2)8-11-19-15(21)16(3,13-6-7-13)18-14(20)17(19)9-4-5-10-17/h12-13H,4-11H2,1-3H3,(H,18,20). The number of hydrogen-bond donors (Lipinski definition) is 1. The molecule has 1 spiro atoms. The van der Waals surface area contributed by atoms with Crippen LogP contribution in [0.2, 0.25) is 0 Å². The van der Waals surface area contributed by atoms with Gasteiger partial charge in [-0.1, -0.05) is 26.7 Å². The van der Waals surface area contributed by atoms with Crippen LogP contribution < -0.4 is 5.32 Å². The highest BCUT2D eigenvalue weighted by Gasteiger charge is 2.61. The first-order chi connectivity index (χ1) is 9.90. The number of rotatable bonds is 4. The molecule has 2 amide bonds. The first-order valence-electron chi connectivity index (χ1n) is 8.55. The molecule has 1 unspecified atom stereocenters. The Morgan fingerprint density at radius 3 is 2.38 bits per heavy atom. The Bertz CT molecular complexity index is 450. The maximum absolute atomic E-state index is 13.2. The van der Waals surface area contributed by atoms with Crippen molar-refractivity contribution in [2.45, 2.75) is 76.8 Å². The zero-order chi connectivity index (χ0) is 15.3. The molecule has 1 heterocycles. The third kappa shape index (κ3) is 2.27. The van der Waals surface area contributed by atoms with Crippen molar-refractivity contribution in [3.05, 3.63) is 0 Å². The Morgan fingerprint density at radius 2 is 1.86 bits per heavy atom. The van der Waals surface area contributed by atoms with Crippen LogP contribution in [-0.2, 0) is 9.59 Å². The van der Waals surface area contributed by atoms with Crippen LogP contribution in [0.1, 0.15) is 65.7 Å². The van der Waals surface area contributed by atoms with Gasteiger partial charge in [0.25, 0.3) is 0 Å². The van der Waals surface area contributed by atoms with Crippen molar-refractivity contribution in [2.75, 3.05) is 6.54 Å². The Balaban J connectivity index is 1.90. The van der Waals surface area contributed by atoms with Crippen molar-refractivity contribution < 1.29 is 9.59 Å². The third-order valence-corrected chi connectivity index (χ3v) is 5.76. The SMILES string of the molecule is CC(C)CCN1C(=O)C(C)(C2CC2)NC(=O)C12CCCC2. The second-order valence-corrected chi connectivity index (χ2v) is 7.81. The Morgan fingerprint density at radius 1 is 1.24 bits per heavy atom. The molecule has 1 atom stereocenters. The van der Waals surface area contributed by atoms with Gasteiger partial charge in [-0.25, -0.2) is 0 Å². The summed E-state index contributed by atoms with van der Waals surface area (Å²) in [4.78, 5) is 28.0. The normalized spacial score (nSPS) is 32.1. The van der Waals surface area contributed by atoms with Crippen LogP contribution in [0.3, 0.4) is 0 Å². The van der Waals surface area contributed by atoms with E-state index in [4.69, 9.17) is 0 Å². The van der Waals surface area contributed by atoms with Crippen LogP contribution in [0.15, 0.2) is 0 Å². The van der Waals surface area contributed by atoms with E-state index in [2.05, 4.69) is 19.2 Å². The van der Waals surface area contributed by atoms with E-state index in [1.807, 2.05) is 11.8 Å². The molecule has 3 fully saturated rings. The molecule has 0 bridgehead atoms. The van der Waals surface area contributed by atoms with E-state index in [1.54, 1.807) is 0 Å². The number of carbonyl (C=O) groups is 2. The highest BCUT2D eigenvalue weighted by Crippen LogP contribution is 2.47. The molecule has 2 aliphatic carbocycles. The lowest BCUT2D eigenvalue weighted by Gasteiger charge is -2.51. The van der Waals surface area contributed by atoms with Crippen molar-refractivity contribution in [3.8, 4) is 0 Å². The molecule has 1 N–H and O–H groups in total. The summed E-state index contributed by atoms with van der Waals surface area (Å²) in [6.45, 7) is 7.02. The number of nitrogens with one attached hydrogen (secondary N) is 1. The molecular weight excluding hydrogens is 264 g/mol. The monoisotopic (exact) mass is 292 g/mol. The molecule has 0 radical (unpaired) electrons. The second-order valence-electron chi connectivity index (χ2n) is 7.81. The van der Waals surface area contributed by atoms with Gasteiger partial charge >= 0.3 is 0 Å². The first-order valence-corrected chi connectivity index (χ1v) is 8.55. The van der Waals surface area contributed by atoms with E-state index >= 15 is 0 Å². The van der Waals surface area contributed by atoms with Gasteiger partial charge in [-0.2, -0.15) is 0 Å². The number of carbonyl (C=O) groups excluding carboxylic acids is 2. The zero-order valence-electron chi connectivity index (χ0n) is 13.6. The molecular formula is C17H28N2O2. The maximum Gasteiger partial charge on any atom is 0.249 e. The molecule has 2 saturated carbocycles. The van der Waals surface area contributed by atoms with Gasteiger partial charge in [0.2, 0.25) is 11.8 Å². The van der Waals surface area contributed by atoms with Gasteiger partial charge in [0.15, 0.2) is 0 Å². The van der Waals surface area contributed by atoms with Crippen molar-refractivity contribution in [1.29, 1.82) is 0 Å². The first kappa shape index (κ1) is 14.9. The fourth-order valence-electron chi connectivity index (χ4n) is 4.10. The molecule has 0 aromatic rings. The number of hydrogen-bond acceptors (Lipinski definition) is 2. The summed E-state index contributed by atoms with van der Waals surface area (Å²) < 4.78 is 0. The van der Waals surface area contributed by atoms with Crippen LogP contribution in [0.4, 0.5) is 0 Å². The Hall–Kier alpha value is -1.06. The van der Waals surface area contributed by atoms with Gasteiger partial charge in [-0.3, -0.25) is 9.59 Å². The van der Waals surface area contributed by atoms with Crippen molar-refractivity contribution >= 4 is 11.8 Å². The molecule has 118 valence electrons. The summed E-state index contributed by atoms with van der Waals surface area (Å²) in [5.74, 6) is 1.17. The van der Waals surface area contributed by atoms with Crippen LogP contribution in [-0.4, -0.2) is 34.3 Å². The molecule has 0 aromatic carbocycles. The summed E-state index contributed by atoms with van der Waals surface area (Å²) in [5.41, 5.74) is -1.19. The maximum atomic E-state index is 13.2. The predicted octanol–water partition coefficient (Wildman–Crippen LogP) is 2.47. The molecule has 0 aromatic heterocycles. The van der Waals surface area contributed by atoms with Crippen LogP contribution in [0.5, 0.6) is 0 Å². The lowest BCUT2D eigenvalue weighted by atomic mass is 9.82. The molecule has 3 aliphatic rings. The van der Waals surface area contributed by atoms with Gasteiger partial charge in [0.05, 0.1) is 0 Å². The predicted molar refractivity (Wildman–Crippen MR) is 81.6 cm³/mol. The zero-order valence-corrected chi connectivity index (χ0v) is 13.6. The summed E-state index contributed by atoms with van der Waals surface area (Å²) >= 11 is 0. The van der Waals surface area contributed by atoms with E-state index in [0.717, 1.165) is 51.5 Å². The molecule has 4 nitrogen and oxygen atoms in total. The van der Waals surface area contributed by atoms with Gasteiger partial charge in [0, 0.05) is 6.54 Å². The van der Waals surface area contributed by atoms with Gasteiger partial charge < -0.3 is 10.2 Å². The molecule has 21 heavy (non-hydrogen) atoms. The van der Waals surface area contributed by atoms with Crippen LogP contribution in [0.25, 0.3) is 0 Å². The lowest BCUT2D eigenvalue weighted by Crippen LogP contribution is -2.75. The summed E-state index contributed by atoms with van der Waals surface area (Å²) in [6, 6.07) is 0. The van der Waals surface area contributed by atoms with Crippen molar-refractivity contribution in [2.24, 2.45) is 11.8 Å². The van der Waals surface area contributed by atoms with Gasteiger partial charge in [-0.05, 0) is 50.9 Å². The minimum absolute atomic E-state index is 0.109. The van der Waals surface area contributed by atoms with E-state index in [0.29, 0.717) is 11.8 Å². The van der Waals surface area contributed by atoms with E-state index < -0.39 is 11.1 Å². The fourth-order valence-corrected chi connectivity index (χ4v) is 4.10. The van der Waals surface area contributed by atoms with E-state index in [9.17, 15) is 9.59 Å². The quantitative estimate of drug-likeness (QED) is 0.865. The van der Waals surface area contributed by atoms with Crippen molar-refractivity contribution in [1.82, 2.24) is 10.2 Å². The van der Waals surface area contributed by atoms with Crippen LogP contribution >= 0.6 is 0 Å². The number of amides is 2. The summed E-state index contributed by atoms with van der Waals surface area (Å²) in [7, 11) is 0. The highest BCUT2D eigenvalue weighted by molar-refractivity contribution is 6.02. The van der Waals surface area contributed by atoms with E-state index in [-0.39, 0.29) is 11.8 Å². The number of piperazine rings is 1. The van der Waals surface area contributed by atoms with Crippen LogP contribution in [0, 0.1) is 11.8 Å². The molecule has 4 heteroatoms. The lowest BCUT2D eigenvalue weighted by molar-refractivity contribution is -0.163. The summed E-state index contributed by atoms with van der Waals surface area (Å²) in [6.07, 6.45) is 6.88. The Kier molecular flexibility index (Phi) is 3.53. The van der Waals surface area contributed by atoms with Gasteiger partial charge in [0.1, 0.15) is 11.1 Å². The smallest absolute Gasteiger partial charge is 0.249 e. The minimum Gasteiger partial charge on any atom is -0.340 e. The summed E-state index contributed by atoms with van der Waals surface area (Å²) in [5, 5.41) is 3.12. The topological polar surface area (TPSA) is 49.4 Å². The average Bonchev–Trinajstić information content (AvgIpc) is 3.17. The highest BCUT2D eigenvalue weighted by atomic mass is 16.2. The van der Waals surface area contributed by atoms with E-state index in [1.165, 1.54) is 0 Å². The largest absolute Gasteiger partial charge is 0.340 e. The Labute approximate surface area is 127 Å². The van der Waals surface area contributed by atoms with Gasteiger partial charge in [-0.15, -0.1) is 0 Å². The number of nitrogens with zero attached hydrogens (tertiary/aromatic N) is 1. The molecule has 3 rings (SSSR count). The second kappa shape index (κ2) is 4.99. The average molecular weight is 292 g/mol. The molecule has 1 saturated heterocycles. The third-order valence-electron chi connectivity index (χ3n) is 5.76. The fraction of sp³-hybridized carbons (Fsp3) is 0.882.